The lowest BCUT2D eigenvalue weighted by Gasteiger charge is -2.04. The fourth-order valence-corrected chi connectivity index (χ4v) is 3.31. The van der Waals surface area contributed by atoms with Gasteiger partial charge in [-0.1, -0.05) is 58.8 Å². The molecule has 3 aromatic rings. The van der Waals surface area contributed by atoms with E-state index in [1.165, 1.54) is 13.2 Å². The maximum absolute atomic E-state index is 12.3. The van der Waals surface area contributed by atoms with Crippen LogP contribution >= 0.6 is 22.9 Å². The van der Waals surface area contributed by atoms with Crippen molar-refractivity contribution in [1.82, 2.24) is 15.5 Å². The predicted molar refractivity (Wildman–Crippen MR) is 111 cm³/mol. The van der Waals surface area contributed by atoms with Gasteiger partial charge in [0.15, 0.2) is 16.5 Å². The normalized spacial score (nSPS) is 11.3. The first-order chi connectivity index (χ1) is 13.5. The van der Waals surface area contributed by atoms with E-state index in [0.29, 0.717) is 22.3 Å². The van der Waals surface area contributed by atoms with Crippen molar-refractivity contribution in [3.05, 3.63) is 69.2 Å². The number of nitrogens with zero attached hydrogens (tertiary/aromatic N) is 2. The van der Waals surface area contributed by atoms with Crippen LogP contribution in [0, 0.1) is 6.92 Å². The number of aromatic nitrogens is 2. The van der Waals surface area contributed by atoms with Gasteiger partial charge in [0.2, 0.25) is 5.01 Å². The van der Waals surface area contributed by atoms with Crippen molar-refractivity contribution >= 4 is 40.0 Å². The summed E-state index contributed by atoms with van der Waals surface area (Å²) in [6.07, 6.45) is 1.66. The summed E-state index contributed by atoms with van der Waals surface area (Å²) in [5.74, 6) is 0.0750. The van der Waals surface area contributed by atoms with Crippen molar-refractivity contribution in [2.24, 2.45) is 0 Å². The minimum atomic E-state index is -0.305. The van der Waals surface area contributed by atoms with Gasteiger partial charge in [-0.05, 0) is 36.3 Å². The zero-order valence-corrected chi connectivity index (χ0v) is 16.8. The van der Waals surface area contributed by atoms with E-state index in [2.05, 4.69) is 15.5 Å². The highest BCUT2D eigenvalue weighted by atomic mass is 35.5. The molecule has 0 spiro atoms. The highest BCUT2D eigenvalue weighted by Crippen LogP contribution is 2.30. The molecule has 0 radical (unpaired) electrons. The van der Waals surface area contributed by atoms with Gasteiger partial charge in [0, 0.05) is 6.54 Å². The van der Waals surface area contributed by atoms with E-state index in [-0.39, 0.29) is 16.7 Å². The number of carbonyl (C=O) groups excluding carboxylic acids is 1. The van der Waals surface area contributed by atoms with E-state index < -0.39 is 0 Å². The topological polar surface area (TPSA) is 84.3 Å². The predicted octanol–water partition coefficient (Wildman–Crippen LogP) is 4.23. The van der Waals surface area contributed by atoms with Gasteiger partial charge in [0.1, 0.15) is 0 Å². The zero-order chi connectivity index (χ0) is 20.1. The van der Waals surface area contributed by atoms with E-state index in [9.17, 15) is 9.90 Å². The molecular formula is C20H18ClN3O3S. The number of carbonyl (C=O) groups is 1. The summed E-state index contributed by atoms with van der Waals surface area (Å²) in [4.78, 5) is 12.3. The summed E-state index contributed by atoms with van der Waals surface area (Å²) in [6.45, 7) is 2.42. The second-order valence-electron chi connectivity index (χ2n) is 6.00. The van der Waals surface area contributed by atoms with Gasteiger partial charge in [-0.2, -0.15) is 0 Å². The molecule has 0 fully saturated rings. The van der Waals surface area contributed by atoms with Crippen molar-refractivity contribution in [3.8, 4) is 11.5 Å². The zero-order valence-electron chi connectivity index (χ0n) is 15.3. The Balaban J connectivity index is 1.68. The lowest BCUT2D eigenvalue weighted by Crippen LogP contribution is -2.22. The Morgan fingerprint density at radius 3 is 2.64 bits per heavy atom. The van der Waals surface area contributed by atoms with Crippen molar-refractivity contribution in [2.45, 2.75) is 13.5 Å². The van der Waals surface area contributed by atoms with Crippen LogP contribution in [0.3, 0.4) is 0 Å². The van der Waals surface area contributed by atoms with E-state index in [0.717, 1.165) is 28.0 Å². The number of nitrogens with one attached hydrogen (secondary N) is 1. The first-order valence-electron chi connectivity index (χ1n) is 8.38. The van der Waals surface area contributed by atoms with Crippen LogP contribution in [0.5, 0.6) is 11.5 Å². The number of phenolic OH excluding ortho intramolecular Hbond substituents is 1. The van der Waals surface area contributed by atoms with Gasteiger partial charge in [-0.15, -0.1) is 10.2 Å². The van der Waals surface area contributed by atoms with Crippen molar-refractivity contribution in [3.63, 3.8) is 0 Å². The third kappa shape index (κ3) is 4.88. The summed E-state index contributed by atoms with van der Waals surface area (Å²) in [5.41, 5.74) is 2.89. The first-order valence-corrected chi connectivity index (χ1v) is 9.57. The van der Waals surface area contributed by atoms with Gasteiger partial charge in [0.05, 0.1) is 12.1 Å². The minimum Gasteiger partial charge on any atom is -0.504 e. The van der Waals surface area contributed by atoms with Crippen molar-refractivity contribution in [2.75, 3.05) is 7.11 Å². The summed E-state index contributed by atoms with van der Waals surface area (Å²) in [6, 6.07) is 12.8. The molecule has 0 aliphatic rings. The standard InChI is InChI=1S/C20H18ClN3O3S/c1-12-3-5-13(6-4-12)11-22-18(26)20-24-23-19(28-20)15(21)9-14-7-8-16(25)17(10-14)27-2/h3-10,25H,11H2,1-2H3,(H,22,26)/b15-9-. The Morgan fingerprint density at radius 2 is 1.93 bits per heavy atom. The number of amides is 1. The molecule has 28 heavy (non-hydrogen) atoms. The lowest BCUT2D eigenvalue weighted by molar-refractivity contribution is 0.0950. The highest BCUT2D eigenvalue weighted by Gasteiger charge is 2.14. The van der Waals surface area contributed by atoms with E-state index >= 15 is 0 Å². The lowest BCUT2D eigenvalue weighted by atomic mass is 10.1. The molecule has 0 saturated heterocycles. The van der Waals surface area contributed by atoms with Crippen LogP contribution < -0.4 is 10.1 Å². The SMILES string of the molecule is COc1cc(/C=C(\Cl)c2nnc(C(=O)NCc3ccc(C)cc3)s2)ccc1O. The second kappa shape index (κ2) is 8.86. The maximum Gasteiger partial charge on any atom is 0.282 e. The van der Waals surface area contributed by atoms with Crippen LogP contribution in [0.25, 0.3) is 11.1 Å². The smallest absolute Gasteiger partial charge is 0.282 e. The Morgan fingerprint density at radius 1 is 1.21 bits per heavy atom. The number of phenols is 1. The van der Waals surface area contributed by atoms with Crippen LogP contribution in [-0.4, -0.2) is 28.3 Å². The molecule has 1 aromatic heterocycles. The van der Waals surface area contributed by atoms with E-state index in [4.69, 9.17) is 16.3 Å². The molecule has 3 rings (SSSR count). The van der Waals surface area contributed by atoms with Crippen LogP contribution in [-0.2, 0) is 6.54 Å². The number of methoxy groups -OCH3 is 1. The Labute approximate surface area is 171 Å². The number of hydrogen-bond donors (Lipinski definition) is 2. The van der Waals surface area contributed by atoms with Gasteiger partial charge in [-0.25, -0.2) is 0 Å². The van der Waals surface area contributed by atoms with E-state index in [1.54, 1.807) is 18.2 Å². The fourth-order valence-electron chi connectivity index (χ4n) is 2.37. The molecule has 0 unspecified atom stereocenters. The van der Waals surface area contributed by atoms with Crippen LogP contribution in [0.4, 0.5) is 0 Å². The number of hydrogen-bond acceptors (Lipinski definition) is 6. The minimum absolute atomic E-state index is 0.0409. The van der Waals surface area contributed by atoms with E-state index in [1.807, 2.05) is 31.2 Å². The molecule has 1 heterocycles. The Hall–Kier alpha value is -2.90. The molecule has 0 aliphatic heterocycles. The Bertz CT molecular complexity index is 1020. The summed E-state index contributed by atoms with van der Waals surface area (Å²) < 4.78 is 5.08. The van der Waals surface area contributed by atoms with Gasteiger partial charge < -0.3 is 15.2 Å². The summed E-state index contributed by atoms with van der Waals surface area (Å²) >= 11 is 7.42. The molecule has 2 aromatic carbocycles. The highest BCUT2D eigenvalue weighted by molar-refractivity contribution is 7.15. The van der Waals surface area contributed by atoms with Gasteiger partial charge in [-0.3, -0.25) is 4.79 Å². The molecule has 6 nitrogen and oxygen atoms in total. The number of ether oxygens (including phenoxy) is 1. The summed E-state index contributed by atoms with van der Waals surface area (Å²) in [5, 5.41) is 21.4. The number of benzene rings is 2. The molecule has 1 amide bonds. The molecular weight excluding hydrogens is 398 g/mol. The first kappa shape index (κ1) is 19.9. The molecule has 8 heteroatoms. The van der Waals surface area contributed by atoms with Gasteiger partial charge in [0.25, 0.3) is 5.91 Å². The molecule has 0 saturated carbocycles. The molecule has 0 atom stereocenters. The van der Waals surface area contributed by atoms with Crippen LogP contribution in [0.1, 0.15) is 31.5 Å². The fraction of sp³-hybridized carbons (Fsp3) is 0.150. The maximum atomic E-state index is 12.3. The average molecular weight is 416 g/mol. The van der Waals surface area contributed by atoms with Crippen molar-refractivity contribution in [1.29, 1.82) is 0 Å². The number of rotatable bonds is 6. The third-order valence-corrected chi connectivity index (χ3v) is 5.25. The van der Waals surface area contributed by atoms with Gasteiger partial charge >= 0.3 is 0 Å². The Kier molecular flexibility index (Phi) is 6.28. The van der Waals surface area contributed by atoms with Crippen molar-refractivity contribution < 1.29 is 14.6 Å². The summed E-state index contributed by atoms with van der Waals surface area (Å²) in [7, 11) is 1.47. The number of halogens is 1. The van der Waals surface area contributed by atoms with Crippen LogP contribution in [0.15, 0.2) is 42.5 Å². The largest absolute Gasteiger partial charge is 0.504 e. The molecule has 0 bridgehead atoms. The average Bonchev–Trinajstić information content (AvgIpc) is 3.19. The monoisotopic (exact) mass is 415 g/mol. The molecule has 144 valence electrons. The third-order valence-electron chi connectivity index (χ3n) is 3.89. The molecule has 2 N–H and O–H groups in total. The van der Waals surface area contributed by atoms with Crippen LogP contribution in [0.2, 0.25) is 0 Å². The quantitative estimate of drug-likeness (QED) is 0.629. The molecule has 0 aliphatic carbocycles. The number of aromatic hydroxyl groups is 1. The number of aryl methyl sites for hydroxylation is 1. The second-order valence-corrected chi connectivity index (χ2v) is 7.39.